The monoisotopic (exact) mass is 626 g/mol. The van der Waals surface area contributed by atoms with Gasteiger partial charge in [-0.25, -0.2) is 27.3 Å². The Bertz CT molecular complexity index is 1430. The molecule has 3 N–H and O–H groups in total. The number of thiazole rings is 1. The number of nitrogens with one attached hydrogen (secondary N) is 2. The zero-order valence-corrected chi connectivity index (χ0v) is 28.4. The van der Waals surface area contributed by atoms with E-state index in [1.807, 2.05) is 24.6 Å². The molecule has 0 saturated heterocycles. The summed E-state index contributed by atoms with van der Waals surface area (Å²) in [5.41, 5.74) is -0.626. The molecule has 0 saturated carbocycles. The number of aliphatic hydroxyl groups is 1. The number of aromatic nitrogens is 1. The van der Waals surface area contributed by atoms with Gasteiger partial charge < -0.3 is 14.8 Å². The van der Waals surface area contributed by atoms with Crippen LogP contribution in [0.2, 0.25) is 18.1 Å². The Morgan fingerprint density at radius 3 is 2.24 bits per heavy atom. The molecular formula is C28H43FN4O5S2Si. The number of hydrogen-bond acceptors (Lipinski definition) is 8. The van der Waals surface area contributed by atoms with E-state index in [1.54, 1.807) is 13.8 Å². The summed E-state index contributed by atoms with van der Waals surface area (Å²) in [4.78, 5) is 17.5. The third-order valence-corrected chi connectivity index (χ3v) is 15.0. The maximum atomic E-state index is 15.2. The van der Waals surface area contributed by atoms with Gasteiger partial charge in [0.05, 0.1) is 16.9 Å². The number of urea groups is 1. The van der Waals surface area contributed by atoms with Crippen molar-refractivity contribution < 1.29 is 27.1 Å². The molecule has 0 unspecified atom stereocenters. The lowest BCUT2D eigenvalue weighted by Crippen LogP contribution is -2.41. The SMILES string of the molecule is CC(C)c1cc(C#N)c(F)c(C(C)C)c1NC(=O)NS(=O)(=O)c1sc(C(C)(C)O)nc1CCO[Si](C)(C)C(C)(C)C. The predicted molar refractivity (Wildman–Crippen MR) is 163 cm³/mol. The molecule has 0 spiro atoms. The minimum atomic E-state index is -4.44. The number of halogens is 1. The van der Waals surface area contributed by atoms with E-state index in [0.29, 0.717) is 5.56 Å². The first-order chi connectivity index (χ1) is 18.5. The van der Waals surface area contributed by atoms with Crippen LogP contribution in [-0.2, 0) is 26.5 Å². The molecule has 0 aliphatic carbocycles. The number of amides is 2. The second kappa shape index (κ2) is 12.5. The van der Waals surface area contributed by atoms with Gasteiger partial charge in [0, 0.05) is 18.6 Å². The zero-order chi connectivity index (χ0) is 31.7. The molecule has 2 amide bonds. The topological polar surface area (TPSA) is 141 Å². The van der Waals surface area contributed by atoms with Gasteiger partial charge in [-0.1, -0.05) is 48.5 Å². The lowest BCUT2D eigenvalue weighted by molar-refractivity contribution is 0.0780. The zero-order valence-electron chi connectivity index (χ0n) is 25.8. The second-order valence-electron chi connectivity index (χ2n) is 12.8. The number of rotatable bonds is 10. The predicted octanol–water partition coefficient (Wildman–Crippen LogP) is 6.70. The molecule has 228 valence electrons. The first-order valence-corrected chi connectivity index (χ1v) is 18.7. The molecule has 0 radical (unpaired) electrons. The van der Waals surface area contributed by atoms with Crippen LogP contribution in [0.1, 0.15) is 102 Å². The van der Waals surface area contributed by atoms with Crippen molar-refractivity contribution in [3.8, 4) is 6.07 Å². The number of carbonyl (C=O) groups excluding carboxylic acids is 1. The van der Waals surface area contributed by atoms with E-state index < -0.39 is 41.7 Å². The Labute approximate surface area is 248 Å². The van der Waals surface area contributed by atoms with Gasteiger partial charge in [-0.15, -0.1) is 11.3 Å². The van der Waals surface area contributed by atoms with Gasteiger partial charge in [0.2, 0.25) is 0 Å². The van der Waals surface area contributed by atoms with Gasteiger partial charge in [-0.2, -0.15) is 5.26 Å². The van der Waals surface area contributed by atoms with Crippen LogP contribution in [0.3, 0.4) is 0 Å². The molecule has 0 aliphatic heterocycles. The van der Waals surface area contributed by atoms with Crippen LogP contribution in [0.25, 0.3) is 0 Å². The summed E-state index contributed by atoms with van der Waals surface area (Å²) in [7, 11) is -6.56. The quantitative estimate of drug-likeness (QED) is 0.249. The summed E-state index contributed by atoms with van der Waals surface area (Å²) in [5, 5.41) is 22.6. The highest BCUT2D eigenvalue weighted by Gasteiger charge is 2.37. The molecule has 0 bridgehead atoms. The van der Waals surface area contributed by atoms with Crippen molar-refractivity contribution in [3.63, 3.8) is 0 Å². The van der Waals surface area contributed by atoms with Crippen LogP contribution in [-0.4, -0.2) is 39.5 Å². The summed E-state index contributed by atoms with van der Waals surface area (Å²) in [6.45, 7) is 20.8. The minimum absolute atomic E-state index is 0.0452. The molecule has 13 heteroatoms. The van der Waals surface area contributed by atoms with Gasteiger partial charge in [-0.05, 0) is 55.4 Å². The van der Waals surface area contributed by atoms with Gasteiger partial charge >= 0.3 is 6.03 Å². The first kappa shape index (κ1) is 34.8. The van der Waals surface area contributed by atoms with E-state index in [-0.39, 0.29) is 55.7 Å². The first-order valence-electron chi connectivity index (χ1n) is 13.5. The third-order valence-electron chi connectivity index (χ3n) is 7.15. The van der Waals surface area contributed by atoms with Crippen molar-refractivity contribution in [1.29, 1.82) is 5.26 Å². The standard InChI is InChI=1S/C28H43FN4O5S2Si/c1-16(2)19-14-18(15-30)22(29)21(17(3)4)23(19)32-26(34)33-40(36,37)24-20(31-25(39-24)28(8,9)35)12-13-38-41(10,11)27(5,6)7/h14,16-17,35H,12-13H2,1-11H3,(H2,32,33,34). The minimum Gasteiger partial charge on any atom is -0.416 e. The van der Waals surface area contributed by atoms with Crippen molar-refractivity contribution in [1.82, 2.24) is 9.71 Å². The van der Waals surface area contributed by atoms with E-state index in [9.17, 15) is 23.6 Å². The fourth-order valence-corrected chi connectivity index (χ4v) is 7.35. The number of benzene rings is 1. The number of anilines is 1. The smallest absolute Gasteiger partial charge is 0.333 e. The van der Waals surface area contributed by atoms with Gasteiger partial charge in [0.1, 0.15) is 22.5 Å². The molecule has 1 aromatic heterocycles. The lowest BCUT2D eigenvalue weighted by Gasteiger charge is -2.36. The highest BCUT2D eigenvalue weighted by atomic mass is 32.2. The summed E-state index contributed by atoms with van der Waals surface area (Å²) in [5.74, 6) is -1.36. The number of sulfonamides is 1. The third kappa shape index (κ3) is 8.13. The summed E-state index contributed by atoms with van der Waals surface area (Å²) < 4.78 is 50.2. The number of nitriles is 1. The Balaban J connectivity index is 2.46. The lowest BCUT2D eigenvalue weighted by atomic mass is 9.90. The van der Waals surface area contributed by atoms with Crippen molar-refractivity contribution in [2.45, 2.75) is 109 Å². The Hall–Kier alpha value is -2.37. The van der Waals surface area contributed by atoms with Crippen LogP contribution in [0.15, 0.2) is 10.3 Å². The van der Waals surface area contributed by atoms with E-state index in [1.165, 1.54) is 19.9 Å². The summed E-state index contributed by atoms with van der Waals surface area (Å²) in [6, 6.07) is 2.13. The van der Waals surface area contributed by atoms with E-state index in [2.05, 4.69) is 44.2 Å². The molecule has 0 atom stereocenters. The molecular weight excluding hydrogens is 584 g/mol. The van der Waals surface area contributed by atoms with E-state index in [4.69, 9.17) is 4.43 Å². The van der Waals surface area contributed by atoms with Gasteiger partial charge in [0.25, 0.3) is 10.0 Å². The fraction of sp³-hybridized carbons (Fsp3) is 0.607. The molecule has 2 rings (SSSR count). The second-order valence-corrected chi connectivity index (χ2v) is 20.5. The van der Waals surface area contributed by atoms with Crippen LogP contribution in [0, 0.1) is 17.1 Å². The maximum Gasteiger partial charge on any atom is 0.333 e. The highest BCUT2D eigenvalue weighted by Crippen LogP contribution is 2.38. The van der Waals surface area contributed by atoms with Crippen molar-refractivity contribution in [2.24, 2.45) is 0 Å². The molecule has 2 aromatic rings. The van der Waals surface area contributed by atoms with Crippen LogP contribution in [0.5, 0.6) is 0 Å². The molecule has 0 aliphatic rings. The van der Waals surface area contributed by atoms with Crippen LogP contribution in [0.4, 0.5) is 14.9 Å². The molecule has 0 fully saturated rings. The van der Waals surface area contributed by atoms with Crippen LogP contribution >= 0.6 is 11.3 Å². The summed E-state index contributed by atoms with van der Waals surface area (Å²) in [6.07, 6.45) is 0.160. The molecule has 1 aromatic carbocycles. The molecule has 41 heavy (non-hydrogen) atoms. The summed E-state index contributed by atoms with van der Waals surface area (Å²) >= 11 is 0.777. The maximum absolute atomic E-state index is 15.2. The fourth-order valence-electron chi connectivity index (χ4n) is 3.81. The van der Waals surface area contributed by atoms with Crippen molar-refractivity contribution in [3.05, 3.63) is 39.3 Å². The number of carbonyl (C=O) groups is 1. The van der Waals surface area contributed by atoms with Crippen molar-refractivity contribution >= 4 is 41.4 Å². The van der Waals surface area contributed by atoms with Crippen LogP contribution < -0.4 is 10.0 Å². The highest BCUT2D eigenvalue weighted by molar-refractivity contribution is 7.92. The largest absolute Gasteiger partial charge is 0.416 e. The number of nitrogens with zero attached hydrogens (tertiary/aromatic N) is 2. The molecule has 9 nitrogen and oxygen atoms in total. The average Bonchev–Trinajstić information content (AvgIpc) is 3.23. The molecule has 1 heterocycles. The Kier molecular flexibility index (Phi) is 10.6. The van der Waals surface area contributed by atoms with Gasteiger partial charge in [0.15, 0.2) is 12.5 Å². The average molecular weight is 627 g/mol. The van der Waals surface area contributed by atoms with Crippen molar-refractivity contribution in [2.75, 3.05) is 11.9 Å². The number of hydrogen-bond donors (Lipinski definition) is 3. The van der Waals surface area contributed by atoms with E-state index >= 15 is 4.39 Å². The normalized spacial score (nSPS) is 13.0. The van der Waals surface area contributed by atoms with E-state index in [0.717, 1.165) is 11.3 Å². The Morgan fingerprint density at radius 2 is 1.78 bits per heavy atom. The Morgan fingerprint density at radius 1 is 1.20 bits per heavy atom. The van der Waals surface area contributed by atoms with Gasteiger partial charge in [-0.3, -0.25) is 0 Å².